The Hall–Kier alpha value is -3.00. The Kier molecular flexibility index (Phi) is 5.09. The van der Waals surface area contributed by atoms with Gasteiger partial charge in [-0.15, -0.1) is 0 Å². The first-order valence-corrected chi connectivity index (χ1v) is 9.00. The maximum absolute atomic E-state index is 12.4. The zero-order valence-corrected chi connectivity index (χ0v) is 16.0. The number of hydrogen-bond donors (Lipinski definition) is 1. The lowest BCUT2D eigenvalue weighted by molar-refractivity contribution is -0.127. The van der Waals surface area contributed by atoms with E-state index in [1.54, 1.807) is 13.2 Å². The summed E-state index contributed by atoms with van der Waals surface area (Å²) in [5.74, 6) is -0.459. The van der Waals surface area contributed by atoms with Crippen LogP contribution in [-0.4, -0.2) is 40.2 Å². The molecule has 1 fully saturated rings. The molecule has 1 aromatic carbocycles. The minimum Gasteiger partial charge on any atom is -0.497 e. The van der Waals surface area contributed by atoms with Gasteiger partial charge in [0, 0.05) is 17.1 Å². The second-order valence-corrected chi connectivity index (χ2v) is 7.09. The lowest BCUT2D eigenvalue weighted by Gasteiger charge is -2.10. The number of methoxy groups -OCH3 is 1. The molecule has 0 saturated carbocycles. The molecule has 2 heterocycles. The van der Waals surface area contributed by atoms with Crippen molar-refractivity contribution in [2.45, 2.75) is 13.8 Å². The van der Waals surface area contributed by atoms with Gasteiger partial charge >= 0.3 is 0 Å². The Bertz CT molecular complexity index is 960. The number of aromatic nitrogens is 1. The number of nitrogens with two attached hydrogens (primary N) is 1. The molecule has 0 radical (unpaired) electrons. The summed E-state index contributed by atoms with van der Waals surface area (Å²) in [6.07, 6.45) is 1.67. The monoisotopic (exact) mass is 385 g/mol. The number of aryl methyl sites for hydroxylation is 1. The SMILES string of the molecule is COc1ccc(-n2c(C)cc(/C=C3\SC(=O)N(CC(N)=O)C3=O)c2C)cc1. The van der Waals surface area contributed by atoms with Gasteiger partial charge in [-0.25, -0.2) is 0 Å². The van der Waals surface area contributed by atoms with Gasteiger partial charge in [-0.3, -0.25) is 19.3 Å². The number of ether oxygens (including phenoxy) is 1. The van der Waals surface area contributed by atoms with Crippen molar-refractivity contribution >= 4 is 34.9 Å². The molecular formula is C19H19N3O4S. The van der Waals surface area contributed by atoms with Crippen LogP contribution >= 0.6 is 11.8 Å². The largest absolute Gasteiger partial charge is 0.497 e. The van der Waals surface area contributed by atoms with Gasteiger partial charge in [-0.2, -0.15) is 0 Å². The summed E-state index contributed by atoms with van der Waals surface area (Å²) < 4.78 is 7.24. The van der Waals surface area contributed by atoms with Gasteiger partial charge in [0.25, 0.3) is 11.1 Å². The Labute approximate surface area is 160 Å². The molecular weight excluding hydrogens is 366 g/mol. The van der Waals surface area contributed by atoms with Crippen molar-refractivity contribution in [2.24, 2.45) is 5.73 Å². The van der Waals surface area contributed by atoms with Crippen LogP contribution in [0, 0.1) is 13.8 Å². The molecule has 0 atom stereocenters. The normalized spacial score (nSPS) is 15.7. The topological polar surface area (TPSA) is 94.6 Å². The summed E-state index contributed by atoms with van der Waals surface area (Å²) >= 11 is 0.808. The molecule has 140 valence electrons. The fourth-order valence-corrected chi connectivity index (χ4v) is 3.82. The van der Waals surface area contributed by atoms with Gasteiger partial charge in [-0.05, 0) is 67.6 Å². The third-order valence-electron chi connectivity index (χ3n) is 4.28. The van der Waals surface area contributed by atoms with Crippen molar-refractivity contribution in [1.82, 2.24) is 9.47 Å². The summed E-state index contributed by atoms with van der Waals surface area (Å²) in [5.41, 5.74) is 8.81. The average molecular weight is 385 g/mol. The molecule has 2 aromatic rings. The van der Waals surface area contributed by atoms with Crippen LogP contribution in [0.2, 0.25) is 0 Å². The molecule has 0 unspecified atom stereocenters. The van der Waals surface area contributed by atoms with E-state index in [0.29, 0.717) is 0 Å². The van der Waals surface area contributed by atoms with Gasteiger partial charge < -0.3 is 15.0 Å². The summed E-state index contributed by atoms with van der Waals surface area (Å²) in [7, 11) is 1.62. The summed E-state index contributed by atoms with van der Waals surface area (Å²) in [6.45, 7) is 3.50. The number of imide groups is 1. The zero-order chi connectivity index (χ0) is 19.7. The molecule has 1 aliphatic rings. The van der Waals surface area contributed by atoms with E-state index in [1.165, 1.54) is 0 Å². The van der Waals surface area contributed by atoms with Gasteiger partial charge in [-0.1, -0.05) is 0 Å². The summed E-state index contributed by atoms with van der Waals surface area (Å²) in [6, 6.07) is 9.60. The van der Waals surface area contributed by atoms with Crippen LogP contribution in [-0.2, 0) is 9.59 Å². The number of nitrogens with zero attached hydrogens (tertiary/aromatic N) is 2. The first-order valence-electron chi connectivity index (χ1n) is 8.19. The van der Waals surface area contributed by atoms with Crippen LogP contribution in [0.1, 0.15) is 17.0 Å². The Morgan fingerprint density at radius 1 is 1.22 bits per heavy atom. The minimum absolute atomic E-state index is 0.274. The van der Waals surface area contributed by atoms with Gasteiger partial charge in [0.2, 0.25) is 5.91 Å². The van der Waals surface area contributed by atoms with E-state index in [9.17, 15) is 14.4 Å². The van der Waals surface area contributed by atoms with E-state index in [4.69, 9.17) is 10.5 Å². The molecule has 7 nitrogen and oxygen atoms in total. The maximum Gasteiger partial charge on any atom is 0.294 e. The first-order chi connectivity index (χ1) is 12.8. The van der Waals surface area contributed by atoms with Crippen molar-refractivity contribution in [3.8, 4) is 11.4 Å². The third kappa shape index (κ3) is 3.61. The minimum atomic E-state index is -0.726. The van der Waals surface area contributed by atoms with Crippen molar-refractivity contribution in [3.63, 3.8) is 0 Å². The second-order valence-electron chi connectivity index (χ2n) is 6.09. The Balaban J connectivity index is 1.95. The fourth-order valence-electron chi connectivity index (χ4n) is 3.00. The van der Waals surface area contributed by atoms with E-state index >= 15 is 0 Å². The van der Waals surface area contributed by atoms with Crippen molar-refractivity contribution in [3.05, 3.63) is 52.2 Å². The lowest BCUT2D eigenvalue weighted by Crippen LogP contribution is -2.36. The highest BCUT2D eigenvalue weighted by atomic mass is 32.2. The lowest BCUT2D eigenvalue weighted by atomic mass is 10.2. The molecule has 0 bridgehead atoms. The van der Waals surface area contributed by atoms with Gasteiger partial charge in [0.15, 0.2) is 0 Å². The molecule has 0 spiro atoms. The highest BCUT2D eigenvalue weighted by Gasteiger charge is 2.36. The maximum atomic E-state index is 12.4. The van der Waals surface area contributed by atoms with Crippen LogP contribution in [0.25, 0.3) is 11.8 Å². The zero-order valence-electron chi connectivity index (χ0n) is 15.2. The van der Waals surface area contributed by atoms with Crippen LogP contribution in [0.4, 0.5) is 4.79 Å². The highest BCUT2D eigenvalue weighted by molar-refractivity contribution is 8.18. The molecule has 0 aliphatic carbocycles. The smallest absolute Gasteiger partial charge is 0.294 e. The summed E-state index contributed by atoms with van der Waals surface area (Å²) in [4.78, 5) is 36.5. The number of carbonyl (C=O) groups is 3. The van der Waals surface area contributed by atoms with Crippen LogP contribution < -0.4 is 10.5 Å². The highest BCUT2D eigenvalue weighted by Crippen LogP contribution is 2.33. The Morgan fingerprint density at radius 3 is 2.48 bits per heavy atom. The van der Waals surface area contributed by atoms with E-state index in [1.807, 2.05) is 44.2 Å². The third-order valence-corrected chi connectivity index (χ3v) is 5.18. The quantitative estimate of drug-likeness (QED) is 0.799. The van der Waals surface area contributed by atoms with Crippen LogP contribution in [0.3, 0.4) is 0 Å². The second kappa shape index (κ2) is 7.32. The molecule has 3 amide bonds. The molecule has 1 saturated heterocycles. The average Bonchev–Trinajstić information content (AvgIpc) is 3.05. The molecule has 1 aromatic heterocycles. The number of primary amides is 1. The fraction of sp³-hybridized carbons (Fsp3) is 0.211. The van der Waals surface area contributed by atoms with Crippen molar-refractivity contribution in [2.75, 3.05) is 13.7 Å². The van der Waals surface area contributed by atoms with Crippen molar-refractivity contribution < 1.29 is 19.1 Å². The van der Waals surface area contributed by atoms with Crippen molar-refractivity contribution in [1.29, 1.82) is 0 Å². The van der Waals surface area contributed by atoms with Crippen LogP contribution in [0.5, 0.6) is 5.75 Å². The summed E-state index contributed by atoms with van der Waals surface area (Å²) in [5, 5.41) is -0.492. The molecule has 27 heavy (non-hydrogen) atoms. The predicted molar refractivity (Wildman–Crippen MR) is 104 cm³/mol. The standard InChI is InChI=1S/C19H19N3O4S/c1-11-8-13(9-16-18(24)21(10-17(20)23)19(25)27-16)12(2)22(11)14-4-6-15(26-3)7-5-14/h4-9H,10H2,1-3H3,(H2,20,23)/b16-9-. The number of thioether (sulfide) groups is 1. The number of amides is 3. The van der Waals surface area contributed by atoms with E-state index in [0.717, 1.165) is 45.1 Å². The first kappa shape index (κ1) is 18.8. The van der Waals surface area contributed by atoms with E-state index < -0.39 is 23.6 Å². The molecule has 3 rings (SSSR count). The van der Waals surface area contributed by atoms with Gasteiger partial charge in [0.1, 0.15) is 12.3 Å². The molecule has 1 aliphatic heterocycles. The van der Waals surface area contributed by atoms with E-state index in [-0.39, 0.29) is 4.91 Å². The number of hydrogen-bond acceptors (Lipinski definition) is 5. The van der Waals surface area contributed by atoms with Gasteiger partial charge in [0.05, 0.1) is 12.0 Å². The number of rotatable bonds is 5. The molecule has 2 N–H and O–H groups in total. The molecule has 8 heteroatoms. The van der Waals surface area contributed by atoms with E-state index in [2.05, 4.69) is 4.57 Å². The number of benzene rings is 1. The number of carbonyl (C=O) groups excluding carboxylic acids is 3. The Morgan fingerprint density at radius 2 is 1.89 bits per heavy atom. The van der Waals surface area contributed by atoms with Crippen LogP contribution in [0.15, 0.2) is 35.2 Å². The predicted octanol–water partition coefficient (Wildman–Crippen LogP) is 2.62.